The molecule has 2 aromatic carbocycles. The van der Waals surface area contributed by atoms with Gasteiger partial charge in [0.15, 0.2) is 10.1 Å². The first-order valence-corrected chi connectivity index (χ1v) is 16.1. The maximum atomic E-state index is 13.8. The number of ketones is 1. The monoisotopic (exact) mass is 625 g/mol. The average Bonchev–Trinajstić information content (AvgIpc) is 3.71. The Morgan fingerprint density at radius 3 is 2.59 bits per heavy atom. The van der Waals surface area contributed by atoms with Gasteiger partial charge < -0.3 is 14.2 Å². The number of amides is 1. The van der Waals surface area contributed by atoms with Crippen LogP contribution >= 0.6 is 23.1 Å². The molecule has 6 rings (SSSR count). The van der Waals surface area contributed by atoms with Crippen LogP contribution in [0.4, 0.5) is 5.13 Å². The van der Waals surface area contributed by atoms with Gasteiger partial charge in [-0.3, -0.25) is 14.5 Å². The molecular formula is C33H31N5O4S2. The summed E-state index contributed by atoms with van der Waals surface area (Å²) in [6.45, 7) is 8.32. The number of ether oxygens (including phenoxy) is 1. The van der Waals surface area contributed by atoms with Crippen LogP contribution in [0.3, 0.4) is 0 Å². The van der Waals surface area contributed by atoms with E-state index >= 15 is 0 Å². The predicted octanol–water partition coefficient (Wildman–Crippen LogP) is 6.82. The number of pyridine rings is 1. The zero-order chi connectivity index (χ0) is 31.0. The van der Waals surface area contributed by atoms with E-state index < -0.39 is 17.7 Å². The molecule has 5 aromatic rings. The molecular weight excluding hydrogens is 595 g/mol. The maximum absolute atomic E-state index is 13.8. The Balaban J connectivity index is 1.44. The second kappa shape index (κ2) is 12.3. The number of aryl methyl sites for hydroxylation is 3. The highest BCUT2D eigenvalue weighted by molar-refractivity contribution is 8.00. The molecule has 224 valence electrons. The highest BCUT2D eigenvalue weighted by Crippen LogP contribution is 2.45. The van der Waals surface area contributed by atoms with Crippen LogP contribution in [0.15, 0.2) is 76.8 Å². The fraction of sp³-hybridized carbons (Fsp3) is 0.242. The highest BCUT2D eigenvalue weighted by Gasteiger charge is 2.49. The summed E-state index contributed by atoms with van der Waals surface area (Å²) in [6, 6.07) is 18.4. The van der Waals surface area contributed by atoms with Crippen LogP contribution in [-0.4, -0.2) is 43.0 Å². The number of fused-ring (bicyclic) bond motifs is 1. The molecule has 1 amide bonds. The number of aliphatic hydroxyl groups excluding tert-OH is 1. The van der Waals surface area contributed by atoms with Gasteiger partial charge in [-0.2, -0.15) is 0 Å². The molecule has 0 spiro atoms. The molecule has 1 atom stereocenters. The topological polar surface area (TPSA) is 110 Å². The number of imidazole rings is 1. The Labute approximate surface area is 263 Å². The first-order chi connectivity index (χ1) is 21.3. The summed E-state index contributed by atoms with van der Waals surface area (Å²) in [6.07, 6.45) is 2.67. The number of carbonyl (C=O) groups is 2. The second-order valence-electron chi connectivity index (χ2n) is 10.6. The van der Waals surface area contributed by atoms with E-state index in [2.05, 4.69) is 39.4 Å². The molecule has 1 N–H and O–H groups in total. The minimum absolute atomic E-state index is 0.0594. The first-order valence-electron chi connectivity index (χ1n) is 14.3. The number of rotatable bonds is 9. The average molecular weight is 626 g/mol. The third kappa shape index (κ3) is 5.48. The van der Waals surface area contributed by atoms with Crippen molar-refractivity contribution in [3.63, 3.8) is 0 Å². The van der Waals surface area contributed by atoms with E-state index in [0.29, 0.717) is 39.4 Å². The number of thioether (sulfide) groups is 1. The van der Waals surface area contributed by atoms with E-state index in [4.69, 9.17) is 4.74 Å². The van der Waals surface area contributed by atoms with Crippen LogP contribution in [0.2, 0.25) is 0 Å². The van der Waals surface area contributed by atoms with Crippen molar-refractivity contribution >= 4 is 51.3 Å². The van der Waals surface area contributed by atoms with Crippen LogP contribution in [0, 0.1) is 20.8 Å². The smallest absolute Gasteiger partial charge is 0.301 e. The van der Waals surface area contributed by atoms with Crippen molar-refractivity contribution < 1.29 is 19.4 Å². The Hall–Kier alpha value is -4.48. The molecule has 11 heteroatoms. The molecule has 3 aromatic heterocycles. The van der Waals surface area contributed by atoms with Gasteiger partial charge in [-0.25, -0.2) is 4.98 Å². The minimum Gasteiger partial charge on any atom is -0.505 e. The molecule has 1 fully saturated rings. The molecule has 0 bridgehead atoms. The van der Waals surface area contributed by atoms with E-state index in [0.717, 1.165) is 17.5 Å². The minimum atomic E-state index is -0.964. The number of hydrogen-bond donors (Lipinski definition) is 1. The normalized spacial score (nSPS) is 16.3. The van der Waals surface area contributed by atoms with Crippen LogP contribution < -0.4 is 9.64 Å². The van der Waals surface area contributed by atoms with Crippen LogP contribution in [0.5, 0.6) is 5.75 Å². The van der Waals surface area contributed by atoms with Gasteiger partial charge in [0, 0.05) is 11.9 Å². The third-order valence-corrected chi connectivity index (χ3v) is 9.61. The van der Waals surface area contributed by atoms with Gasteiger partial charge in [0.2, 0.25) is 5.13 Å². The summed E-state index contributed by atoms with van der Waals surface area (Å²) in [5, 5.41) is 20.7. The number of hydrogen-bond acceptors (Lipinski definition) is 9. The highest BCUT2D eigenvalue weighted by atomic mass is 32.2. The van der Waals surface area contributed by atoms with Gasteiger partial charge in [-0.05, 0) is 62.1 Å². The third-order valence-electron chi connectivity index (χ3n) is 7.48. The number of Topliss-reactive ketones (excluding diaryl/α,β-unsaturated/α-hetero) is 1. The SMILES string of the molecule is CCCOc1cccc(C2C(=C(O)c3nc4c(C)cccn4c3C)C(=O)C(=O)N2c2nnc(SCc3ccc(C)cc3)s2)c1. The van der Waals surface area contributed by atoms with Gasteiger partial charge >= 0.3 is 5.91 Å². The summed E-state index contributed by atoms with van der Waals surface area (Å²) in [5.74, 6) is -0.665. The predicted molar refractivity (Wildman–Crippen MR) is 172 cm³/mol. The summed E-state index contributed by atoms with van der Waals surface area (Å²) in [7, 11) is 0. The molecule has 1 saturated heterocycles. The van der Waals surface area contributed by atoms with E-state index in [1.54, 1.807) is 6.07 Å². The van der Waals surface area contributed by atoms with Gasteiger partial charge in [-0.15, -0.1) is 10.2 Å². The maximum Gasteiger partial charge on any atom is 0.301 e. The number of nitrogens with zero attached hydrogens (tertiary/aromatic N) is 5. The first kappa shape index (κ1) is 29.6. The summed E-state index contributed by atoms with van der Waals surface area (Å²) in [5.41, 5.74) is 5.33. The lowest BCUT2D eigenvalue weighted by atomic mass is 9.96. The van der Waals surface area contributed by atoms with Crippen molar-refractivity contribution in [3.8, 4) is 5.75 Å². The Morgan fingerprint density at radius 1 is 1.05 bits per heavy atom. The van der Waals surface area contributed by atoms with Gasteiger partial charge in [0.25, 0.3) is 5.78 Å². The molecule has 44 heavy (non-hydrogen) atoms. The van der Waals surface area contributed by atoms with Crippen molar-refractivity contribution in [3.05, 3.63) is 106 Å². The largest absolute Gasteiger partial charge is 0.505 e. The quantitative estimate of drug-likeness (QED) is 0.0625. The van der Waals surface area contributed by atoms with Gasteiger partial charge in [0.1, 0.15) is 17.1 Å². The zero-order valence-corrected chi connectivity index (χ0v) is 26.4. The molecule has 0 aliphatic carbocycles. The Bertz CT molecular complexity index is 1910. The fourth-order valence-electron chi connectivity index (χ4n) is 5.20. The summed E-state index contributed by atoms with van der Waals surface area (Å²) in [4.78, 5) is 33.5. The molecule has 1 unspecified atom stereocenters. The van der Waals surface area contributed by atoms with Crippen LogP contribution in [0.1, 0.15) is 53.0 Å². The van der Waals surface area contributed by atoms with E-state index in [1.807, 2.05) is 68.6 Å². The molecule has 1 aliphatic heterocycles. The molecule has 9 nitrogen and oxygen atoms in total. The zero-order valence-electron chi connectivity index (χ0n) is 24.8. The van der Waals surface area contributed by atoms with Crippen molar-refractivity contribution in [1.82, 2.24) is 19.6 Å². The molecule has 0 saturated carbocycles. The lowest BCUT2D eigenvalue weighted by Crippen LogP contribution is -2.29. The lowest BCUT2D eigenvalue weighted by molar-refractivity contribution is -0.132. The standard InChI is InChI=1S/C33H31N5O4S2/c1-5-16-42-24-10-6-9-23(17-24)27-25(28(39)26-21(4)37-15-7-8-20(3)30(37)34-26)29(40)31(41)38(27)32-35-36-33(44-32)43-18-22-13-11-19(2)12-14-22/h6-15,17,27,39H,5,16,18H2,1-4H3. The Kier molecular flexibility index (Phi) is 8.24. The number of aliphatic hydroxyl groups is 1. The van der Waals surface area contributed by atoms with E-state index in [1.165, 1.54) is 33.6 Å². The number of aromatic nitrogens is 4. The van der Waals surface area contributed by atoms with Crippen molar-refractivity contribution in [2.75, 3.05) is 11.5 Å². The van der Waals surface area contributed by atoms with Gasteiger partial charge in [-0.1, -0.05) is 78.1 Å². The Morgan fingerprint density at radius 2 is 1.84 bits per heavy atom. The summed E-state index contributed by atoms with van der Waals surface area (Å²) >= 11 is 2.74. The number of carbonyl (C=O) groups excluding carboxylic acids is 2. The van der Waals surface area contributed by atoms with Crippen LogP contribution in [0.25, 0.3) is 11.4 Å². The van der Waals surface area contributed by atoms with Crippen molar-refractivity contribution in [2.24, 2.45) is 0 Å². The van der Waals surface area contributed by atoms with Crippen molar-refractivity contribution in [1.29, 1.82) is 0 Å². The van der Waals surface area contributed by atoms with E-state index in [-0.39, 0.29) is 22.2 Å². The van der Waals surface area contributed by atoms with Crippen molar-refractivity contribution in [2.45, 2.75) is 50.3 Å². The fourth-order valence-corrected chi connectivity index (χ4v) is 7.02. The molecule has 0 radical (unpaired) electrons. The van der Waals surface area contributed by atoms with E-state index in [9.17, 15) is 14.7 Å². The lowest BCUT2D eigenvalue weighted by Gasteiger charge is -2.23. The molecule has 4 heterocycles. The second-order valence-corrected chi connectivity index (χ2v) is 12.8. The number of anilines is 1. The summed E-state index contributed by atoms with van der Waals surface area (Å²) < 4.78 is 8.39. The number of benzene rings is 2. The molecule has 1 aliphatic rings. The van der Waals surface area contributed by atoms with Crippen LogP contribution in [-0.2, 0) is 15.3 Å². The van der Waals surface area contributed by atoms with Gasteiger partial charge in [0.05, 0.1) is 23.9 Å².